The number of nitrogens with one attached hydrogen (secondary N) is 1. The first kappa shape index (κ1) is 11.7. The van der Waals surface area contributed by atoms with Gasteiger partial charge in [-0.1, -0.05) is 11.6 Å². The van der Waals surface area contributed by atoms with Crippen LogP contribution in [0.4, 0.5) is 5.69 Å². The topological polar surface area (TPSA) is 12.0 Å². The van der Waals surface area contributed by atoms with Crippen molar-refractivity contribution >= 4 is 39.9 Å². The Morgan fingerprint density at radius 2 is 2.29 bits per heavy atom. The predicted molar refractivity (Wildman–Crippen MR) is 70.7 cm³/mol. The Kier molecular flexibility index (Phi) is 5.13. The molecular formula is C11H11ClIN. The number of hydrogen-bond acceptors (Lipinski definition) is 1. The van der Waals surface area contributed by atoms with E-state index in [0.717, 1.165) is 23.7 Å². The van der Waals surface area contributed by atoms with E-state index in [9.17, 15) is 0 Å². The van der Waals surface area contributed by atoms with Crippen LogP contribution in [0.5, 0.6) is 0 Å². The lowest BCUT2D eigenvalue weighted by atomic mass is 10.3. The fraction of sp³-hybridized carbons (Fsp3) is 0.273. The van der Waals surface area contributed by atoms with Gasteiger partial charge in [0.15, 0.2) is 0 Å². The zero-order valence-electron chi connectivity index (χ0n) is 7.90. The summed E-state index contributed by atoms with van der Waals surface area (Å²) < 4.78 is 1.18. The molecule has 0 saturated heterocycles. The van der Waals surface area contributed by atoms with Crippen molar-refractivity contribution in [3.63, 3.8) is 0 Å². The Labute approximate surface area is 103 Å². The van der Waals surface area contributed by atoms with Crippen LogP contribution in [0.1, 0.15) is 13.3 Å². The van der Waals surface area contributed by atoms with E-state index in [2.05, 4.69) is 39.7 Å². The molecule has 1 nitrogen and oxygen atoms in total. The van der Waals surface area contributed by atoms with E-state index in [1.165, 1.54) is 3.57 Å². The molecule has 0 aliphatic carbocycles. The van der Waals surface area contributed by atoms with Gasteiger partial charge in [0.1, 0.15) is 0 Å². The molecule has 1 aromatic carbocycles. The zero-order chi connectivity index (χ0) is 10.4. The summed E-state index contributed by atoms with van der Waals surface area (Å²) in [6, 6.07) is 5.92. The maximum Gasteiger partial charge on any atom is 0.0638 e. The predicted octanol–water partition coefficient (Wildman–Crippen LogP) is 3.77. The summed E-state index contributed by atoms with van der Waals surface area (Å²) in [6.07, 6.45) is 0.846. The molecule has 1 rings (SSSR count). The third kappa shape index (κ3) is 3.77. The van der Waals surface area contributed by atoms with Crippen molar-refractivity contribution < 1.29 is 0 Å². The van der Waals surface area contributed by atoms with Gasteiger partial charge in [-0.15, -0.1) is 11.8 Å². The number of benzene rings is 1. The van der Waals surface area contributed by atoms with Crippen molar-refractivity contribution in [3.8, 4) is 11.8 Å². The van der Waals surface area contributed by atoms with E-state index in [0.29, 0.717) is 0 Å². The highest BCUT2D eigenvalue weighted by Crippen LogP contribution is 2.23. The molecule has 0 radical (unpaired) electrons. The second kappa shape index (κ2) is 6.15. The molecule has 0 unspecified atom stereocenters. The molecule has 0 aliphatic heterocycles. The molecule has 0 atom stereocenters. The number of anilines is 1. The fourth-order valence-electron chi connectivity index (χ4n) is 1.02. The Bertz CT molecular complexity index is 365. The van der Waals surface area contributed by atoms with Crippen molar-refractivity contribution in [1.29, 1.82) is 0 Å². The van der Waals surface area contributed by atoms with Crippen LogP contribution >= 0.6 is 34.2 Å². The Morgan fingerprint density at radius 3 is 3.00 bits per heavy atom. The number of rotatable bonds is 3. The van der Waals surface area contributed by atoms with Gasteiger partial charge in [-0.3, -0.25) is 0 Å². The molecule has 3 heteroatoms. The summed E-state index contributed by atoms with van der Waals surface area (Å²) in [4.78, 5) is 0. The molecular weight excluding hydrogens is 308 g/mol. The summed E-state index contributed by atoms with van der Waals surface area (Å²) in [7, 11) is 0. The summed E-state index contributed by atoms with van der Waals surface area (Å²) in [5, 5.41) is 4.01. The van der Waals surface area contributed by atoms with Crippen LogP contribution in [-0.4, -0.2) is 6.54 Å². The highest BCUT2D eigenvalue weighted by molar-refractivity contribution is 14.1. The standard InChI is InChI=1S/C11H11ClIN/c1-2-3-4-7-14-11-8-9(13)5-6-10(11)12/h5-6,8,14H,4,7H2,1H3. The fourth-order valence-corrected chi connectivity index (χ4v) is 1.69. The van der Waals surface area contributed by atoms with E-state index in [1.807, 2.05) is 25.1 Å². The smallest absolute Gasteiger partial charge is 0.0638 e. The first-order valence-electron chi connectivity index (χ1n) is 4.32. The van der Waals surface area contributed by atoms with Crippen LogP contribution in [-0.2, 0) is 0 Å². The van der Waals surface area contributed by atoms with Gasteiger partial charge >= 0.3 is 0 Å². The molecule has 74 valence electrons. The minimum Gasteiger partial charge on any atom is -0.383 e. The van der Waals surface area contributed by atoms with E-state index >= 15 is 0 Å². The average molecular weight is 320 g/mol. The summed E-state index contributed by atoms with van der Waals surface area (Å²) in [6.45, 7) is 2.68. The molecule has 0 aliphatic rings. The van der Waals surface area contributed by atoms with Gasteiger partial charge in [0.05, 0.1) is 10.7 Å². The molecule has 1 N–H and O–H groups in total. The van der Waals surface area contributed by atoms with Crippen molar-refractivity contribution in [2.45, 2.75) is 13.3 Å². The first-order chi connectivity index (χ1) is 6.74. The van der Waals surface area contributed by atoms with Crippen molar-refractivity contribution in [1.82, 2.24) is 0 Å². The summed E-state index contributed by atoms with van der Waals surface area (Å²) in [5.41, 5.74) is 0.983. The lowest BCUT2D eigenvalue weighted by Gasteiger charge is -2.06. The summed E-state index contributed by atoms with van der Waals surface area (Å²) in [5.74, 6) is 5.85. The highest BCUT2D eigenvalue weighted by atomic mass is 127. The normalized spacial score (nSPS) is 9.07. The Hall–Kier alpha value is -0.400. The van der Waals surface area contributed by atoms with Gasteiger partial charge in [0.2, 0.25) is 0 Å². The van der Waals surface area contributed by atoms with E-state index in [4.69, 9.17) is 11.6 Å². The third-order valence-electron chi connectivity index (χ3n) is 1.67. The highest BCUT2D eigenvalue weighted by Gasteiger charge is 1.98. The van der Waals surface area contributed by atoms with Crippen LogP contribution in [0.3, 0.4) is 0 Å². The van der Waals surface area contributed by atoms with Crippen LogP contribution in [0, 0.1) is 15.4 Å². The van der Waals surface area contributed by atoms with E-state index in [-0.39, 0.29) is 0 Å². The van der Waals surface area contributed by atoms with Gasteiger partial charge < -0.3 is 5.32 Å². The third-order valence-corrected chi connectivity index (χ3v) is 2.67. The molecule has 0 bridgehead atoms. The monoisotopic (exact) mass is 319 g/mol. The number of halogens is 2. The van der Waals surface area contributed by atoms with E-state index in [1.54, 1.807) is 0 Å². The van der Waals surface area contributed by atoms with Crippen LogP contribution < -0.4 is 5.32 Å². The maximum atomic E-state index is 6.01. The van der Waals surface area contributed by atoms with Gasteiger partial charge in [0, 0.05) is 16.5 Å². The van der Waals surface area contributed by atoms with Gasteiger partial charge in [0.25, 0.3) is 0 Å². The van der Waals surface area contributed by atoms with Crippen molar-refractivity contribution in [3.05, 3.63) is 26.8 Å². The summed E-state index contributed by atoms with van der Waals surface area (Å²) >= 11 is 8.27. The Balaban J connectivity index is 2.56. The van der Waals surface area contributed by atoms with Gasteiger partial charge in [-0.2, -0.15) is 0 Å². The lowest BCUT2D eigenvalue weighted by molar-refractivity contribution is 1.10. The van der Waals surface area contributed by atoms with Crippen LogP contribution in [0.15, 0.2) is 18.2 Å². The Morgan fingerprint density at radius 1 is 1.50 bits per heavy atom. The molecule has 0 aromatic heterocycles. The quantitative estimate of drug-likeness (QED) is 0.508. The largest absolute Gasteiger partial charge is 0.383 e. The molecule has 0 spiro atoms. The van der Waals surface area contributed by atoms with Crippen molar-refractivity contribution in [2.75, 3.05) is 11.9 Å². The van der Waals surface area contributed by atoms with Gasteiger partial charge in [-0.25, -0.2) is 0 Å². The van der Waals surface area contributed by atoms with Gasteiger partial charge in [-0.05, 0) is 47.7 Å². The molecule has 0 fully saturated rings. The van der Waals surface area contributed by atoms with Crippen LogP contribution in [0.25, 0.3) is 0 Å². The molecule has 0 heterocycles. The van der Waals surface area contributed by atoms with E-state index < -0.39 is 0 Å². The second-order valence-corrected chi connectivity index (χ2v) is 4.38. The second-order valence-electron chi connectivity index (χ2n) is 2.73. The van der Waals surface area contributed by atoms with Crippen molar-refractivity contribution in [2.24, 2.45) is 0 Å². The molecule has 0 saturated carbocycles. The lowest BCUT2D eigenvalue weighted by Crippen LogP contribution is -2.00. The average Bonchev–Trinajstić information content (AvgIpc) is 2.18. The zero-order valence-corrected chi connectivity index (χ0v) is 10.8. The molecule has 0 amide bonds. The first-order valence-corrected chi connectivity index (χ1v) is 5.78. The molecule has 1 aromatic rings. The maximum absolute atomic E-state index is 6.01. The minimum atomic E-state index is 0.759. The SMILES string of the molecule is CC#CCCNc1cc(I)ccc1Cl. The number of hydrogen-bond donors (Lipinski definition) is 1. The minimum absolute atomic E-state index is 0.759. The van der Waals surface area contributed by atoms with Crippen LogP contribution in [0.2, 0.25) is 5.02 Å². The molecule has 14 heavy (non-hydrogen) atoms.